The zero-order valence-corrected chi connectivity index (χ0v) is 11.2. The fraction of sp³-hybridized carbons (Fsp3) is 0. The quantitative estimate of drug-likeness (QED) is 0.516. The Morgan fingerprint density at radius 2 is 2.00 bits per heavy atom. The fourth-order valence-electron chi connectivity index (χ4n) is 1.63. The first-order chi connectivity index (χ1) is 9.88. The number of amides is 1. The highest BCUT2D eigenvalue weighted by Gasteiger charge is 2.17. The number of benzene rings is 2. The van der Waals surface area contributed by atoms with Crippen LogP contribution in [-0.2, 0) is 0 Å². The van der Waals surface area contributed by atoms with Crippen molar-refractivity contribution in [1.82, 2.24) is 0 Å². The van der Waals surface area contributed by atoms with Crippen LogP contribution in [0.4, 0.5) is 21.5 Å². The molecule has 0 aliphatic heterocycles. The number of non-ortho nitro benzene ring substituents is 1. The third-order valence-corrected chi connectivity index (χ3v) is 3.00. The Kier molecular flexibility index (Phi) is 4.04. The van der Waals surface area contributed by atoms with E-state index in [9.17, 15) is 19.3 Å². The summed E-state index contributed by atoms with van der Waals surface area (Å²) in [5.74, 6) is -1.30. The molecule has 8 heteroatoms. The van der Waals surface area contributed by atoms with Gasteiger partial charge in [-0.3, -0.25) is 14.9 Å². The number of carbonyl (C=O) groups excluding carboxylic acids is 1. The number of nitrogens with one attached hydrogen (secondary N) is 1. The number of rotatable bonds is 3. The summed E-state index contributed by atoms with van der Waals surface area (Å²) in [5, 5.41) is 13.1. The van der Waals surface area contributed by atoms with Crippen LogP contribution < -0.4 is 11.1 Å². The number of hydrogen-bond acceptors (Lipinski definition) is 4. The number of nitro groups is 1. The lowest BCUT2D eigenvalue weighted by atomic mass is 10.1. The monoisotopic (exact) mass is 309 g/mol. The average molecular weight is 310 g/mol. The van der Waals surface area contributed by atoms with E-state index < -0.39 is 16.6 Å². The van der Waals surface area contributed by atoms with Crippen molar-refractivity contribution in [1.29, 1.82) is 0 Å². The zero-order valence-electron chi connectivity index (χ0n) is 10.5. The number of hydrogen-bond donors (Lipinski definition) is 2. The molecule has 21 heavy (non-hydrogen) atoms. The molecule has 0 aromatic heterocycles. The normalized spacial score (nSPS) is 10.2. The summed E-state index contributed by atoms with van der Waals surface area (Å²) in [6.07, 6.45) is 0. The van der Waals surface area contributed by atoms with Gasteiger partial charge >= 0.3 is 0 Å². The van der Waals surface area contributed by atoms with Gasteiger partial charge in [0.05, 0.1) is 26.9 Å². The van der Waals surface area contributed by atoms with Crippen molar-refractivity contribution in [2.45, 2.75) is 0 Å². The van der Waals surface area contributed by atoms with E-state index >= 15 is 0 Å². The molecule has 0 unspecified atom stereocenters. The van der Waals surface area contributed by atoms with Crippen molar-refractivity contribution in [2.75, 3.05) is 11.1 Å². The van der Waals surface area contributed by atoms with Gasteiger partial charge in [0.15, 0.2) is 0 Å². The van der Waals surface area contributed by atoms with E-state index in [1.807, 2.05) is 0 Å². The smallest absolute Gasteiger partial charge is 0.270 e. The maximum Gasteiger partial charge on any atom is 0.270 e. The molecule has 0 fully saturated rings. The molecule has 2 aromatic carbocycles. The van der Waals surface area contributed by atoms with E-state index in [0.717, 1.165) is 18.2 Å². The SMILES string of the molecule is Nc1ccc(F)cc1NC(=O)c1cc([N+](=O)[O-])ccc1Cl. The van der Waals surface area contributed by atoms with E-state index in [4.69, 9.17) is 17.3 Å². The van der Waals surface area contributed by atoms with Gasteiger partial charge in [-0.25, -0.2) is 4.39 Å². The van der Waals surface area contributed by atoms with Crippen LogP contribution >= 0.6 is 11.6 Å². The summed E-state index contributed by atoms with van der Waals surface area (Å²) in [5.41, 5.74) is 5.44. The minimum Gasteiger partial charge on any atom is -0.397 e. The van der Waals surface area contributed by atoms with Gasteiger partial charge < -0.3 is 11.1 Å². The molecule has 0 radical (unpaired) electrons. The number of anilines is 2. The van der Waals surface area contributed by atoms with Crippen molar-refractivity contribution >= 4 is 34.6 Å². The summed E-state index contributed by atoms with van der Waals surface area (Å²) >= 11 is 5.84. The molecule has 0 saturated carbocycles. The largest absolute Gasteiger partial charge is 0.397 e. The van der Waals surface area contributed by atoms with Gasteiger partial charge in [-0.2, -0.15) is 0 Å². The summed E-state index contributed by atoms with van der Waals surface area (Å²) in [4.78, 5) is 22.1. The first kappa shape index (κ1) is 14.7. The predicted octanol–water partition coefficient (Wildman–Crippen LogP) is 3.22. The average Bonchev–Trinajstić information content (AvgIpc) is 2.43. The molecule has 0 atom stereocenters. The van der Waals surface area contributed by atoms with Crippen molar-refractivity contribution in [2.24, 2.45) is 0 Å². The molecule has 0 saturated heterocycles. The predicted molar refractivity (Wildman–Crippen MR) is 76.9 cm³/mol. The fourth-order valence-corrected chi connectivity index (χ4v) is 1.83. The lowest BCUT2D eigenvalue weighted by Gasteiger charge is -2.09. The van der Waals surface area contributed by atoms with Crippen molar-refractivity contribution in [3.05, 3.63) is 62.9 Å². The molecule has 0 spiro atoms. The van der Waals surface area contributed by atoms with Gasteiger partial charge in [-0.1, -0.05) is 11.6 Å². The van der Waals surface area contributed by atoms with E-state index in [1.54, 1.807) is 0 Å². The summed E-state index contributed by atoms with van der Waals surface area (Å²) in [7, 11) is 0. The summed E-state index contributed by atoms with van der Waals surface area (Å²) in [6, 6.07) is 6.93. The van der Waals surface area contributed by atoms with Gasteiger partial charge in [0.2, 0.25) is 0 Å². The van der Waals surface area contributed by atoms with Gasteiger partial charge in [-0.05, 0) is 24.3 Å². The molecule has 0 heterocycles. The van der Waals surface area contributed by atoms with Gasteiger partial charge in [0.25, 0.3) is 11.6 Å². The van der Waals surface area contributed by atoms with Gasteiger partial charge in [0.1, 0.15) is 5.82 Å². The third kappa shape index (κ3) is 3.26. The number of nitrogen functional groups attached to an aromatic ring is 1. The van der Waals surface area contributed by atoms with Crippen molar-refractivity contribution in [3.63, 3.8) is 0 Å². The van der Waals surface area contributed by atoms with Crippen LogP contribution in [0.3, 0.4) is 0 Å². The maximum atomic E-state index is 13.1. The summed E-state index contributed by atoms with van der Waals surface area (Å²) < 4.78 is 13.1. The van der Waals surface area contributed by atoms with Crippen molar-refractivity contribution in [3.8, 4) is 0 Å². The van der Waals surface area contributed by atoms with Crippen LogP contribution in [0.1, 0.15) is 10.4 Å². The van der Waals surface area contributed by atoms with Crippen LogP contribution in [0.15, 0.2) is 36.4 Å². The zero-order chi connectivity index (χ0) is 15.6. The molecule has 2 rings (SSSR count). The van der Waals surface area contributed by atoms with Crippen LogP contribution in [0.2, 0.25) is 5.02 Å². The van der Waals surface area contributed by atoms with Gasteiger partial charge in [-0.15, -0.1) is 0 Å². The van der Waals surface area contributed by atoms with E-state index in [0.29, 0.717) is 0 Å². The van der Waals surface area contributed by atoms with E-state index in [-0.39, 0.29) is 27.6 Å². The van der Waals surface area contributed by atoms with Crippen molar-refractivity contribution < 1.29 is 14.1 Å². The van der Waals surface area contributed by atoms with E-state index in [1.165, 1.54) is 18.2 Å². The molecular weight excluding hydrogens is 301 g/mol. The number of halogens is 2. The maximum absolute atomic E-state index is 13.1. The molecule has 0 bridgehead atoms. The number of nitrogens with two attached hydrogens (primary N) is 1. The van der Waals surface area contributed by atoms with Crippen LogP contribution in [0.5, 0.6) is 0 Å². The Hall–Kier alpha value is -2.67. The first-order valence-electron chi connectivity index (χ1n) is 5.69. The second-order valence-electron chi connectivity index (χ2n) is 4.11. The molecule has 6 nitrogen and oxygen atoms in total. The highest BCUT2D eigenvalue weighted by molar-refractivity contribution is 6.34. The standard InChI is InChI=1S/C13H9ClFN3O3/c14-10-3-2-8(18(20)21)6-9(10)13(19)17-12-5-7(15)1-4-11(12)16/h1-6H,16H2,(H,17,19). The Labute approximate surface area is 123 Å². The van der Waals surface area contributed by atoms with Crippen LogP contribution in [0, 0.1) is 15.9 Å². The molecule has 1 amide bonds. The second kappa shape index (κ2) is 5.76. The number of nitrogens with zero attached hydrogens (tertiary/aromatic N) is 1. The molecule has 0 aliphatic carbocycles. The van der Waals surface area contributed by atoms with E-state index in [2.05, 4.69) is 5.32 Å². The second-order valence-corrected chi connectivity index (χ2v) is 4.51. The van der Waals surface area contributed by atoms with Crippen LogP contribution in [0.25, 0.3) is 0 Å². The lowest BCUT2D eigenvalue weighted by molar-refractivity contribution is -0.384. The van der Waals surface area contributed by atoms with Gasteiger partial charge in [0, 0.05) is 12.1 Å². The molecule has 0 aliphatic rings. The Balaban J connectivity index is 2.34. The highest BCUT2D eigenvalue weighted by Crippen LogP contribution is 2.25. The summed E-state index contributed by atoms with van der Waals surface area (Å²) in [6.45, 7) is 0. The molecule has 3 N–H and O–H groups in total. The molecule has 2 aromatic rings. The van der Waals surface area contributed by atoms with Crippen LogP contribution in [-0.4, -0.2) is 10.8 Å². The topological polar surface area (TPSA) is 98.3 Å². The Bertz CT molecular complexity index is 737. The Morgan fingerprint density at radius 3 is 2.67 bits per heavy atom. The lowest BCUT2D eigenvalue weighted by Crippen LogP contribution is -2.14. The minimum atomic E-state index is -0.721. The minimum absolute atomic E-state index is 0.0353. The third-order valence-electron chi connectivity index (χ3n) is 2.67. The number of carbonyl (C=O) groups is 1. The Morgan fingerprint density at radius 1 is 1.29 bits per heavy atom. The number of nitro benzene ring substituents is 1. The molecular formula is C13H9ClFN3O3. The first-order valence-corrected chi connectivity index (χ1v) is 6.06. The molecule has 108 valence electrons. The highest BCUT2D eigenvalue weighted by atomic mass is 35.5.